The summed E-state index contributed by atoms with van der Waals surface area (Å²) in [6.45, 7) is 4.12. The number of nitrogens with one attached hydrogen (secondary N) is 3. The van der Waals surface area contributed by atoms with E-state index >= 15 is 0 Å². The van der Waals surface area contributed by atoms with Gasteiger partial charge in [-0.2, -0.15) is 0 Å². The summed E-state index contributed by atoms with van der Waals surface area (Å²) < 4.78 is 31.6. The molecule has 25 heavy (non-hydrogen) atoms. The maximum absolute atomic E-state index is 11.3. The molecular formula is C15H26Cl2IN3O3S. The van der Waals surface area contributed by atoms with Crippen molar-refractivity contribution in [2.75, 3.05) is 13.1 Å². The maximum atomic E-state index is 11.3. The highest BCUT2D eigenvalue weighted by Gasteiger charge is 2.36. The molecule has 2 rings (SSSR count). The molecule has 6 nitrogen and oxygen atoms in total. The van der Waals surface area contributed by atoms with Gasteiger partial charge < -0.3 is 10.1 Å². The van der Waals surface area contributed by atoms with Crippen LogP contribution in [0.2, 0.25) is 0 Å². The van der Waals surface area contributed by atoms with Gasteiger partial charge in [0.15, 0.2) is 0 Å². The van der Waals surface area contributed by atoms with Crippen LogP contribution in [0, 0.1) is 0 Å². The Morgan fingerprint density at radius 3 is 2.68 bits per heavy atom. The molecule has 1 saturated carbocycles. The van der Waals surface area contributed by atoms with Crippen LogP contribution in [0.4, 0.5) is 0 Å². The number of hydrogen-bond donors (Lipinski definition) is 3. The number of rotatable bonds is 8. The summed E-state index contributed by atoms with van der Waals surface area (Å²) >= 11 is 14.9. The van der Waals surface area contributed by atoms with E-state index in [1.54, 1.807) is 0 Å². The molecular weight excluding hydrogens is 500 g/mol. The number of ether oxygens (including phenoxy) is 1. The number of sulfonamides is 1. The lowest BCUT2D eigenvalue weighted by molar-refractivity contribution is -0.0612. The Balaban J connectivity index is 1.72. The van der Waals surface area contributed by atoms with Gasteiger partial charge in [0, 0.05) is 22.4 Å². The van der Waals surface area contributed by atoms with Gasteiger partial charge in [0.2, 0.25) is 10.0 Å². The number of piperidine rings is 1. The predicted molar refractivity (Wildman–Crippen MR) is 111 cm³/mol. The summed E-state index contributed by atoms with van der Waals surface area (Å²) in [4.78, 5) is 0. The minimum absolute atomic E-state index is 0.0106. The molecule has 0 aromatic rings. The molecule has 2 aliphatic rings. The molecule has 6 atom stereocenters. The fourth-order valence-electron chi connectivity index (χ4n) is 3.05. The molecule has 0 spiro atoms. The van der Waals surface area contributed by atoms with Gasteiger partial charge in [-0.3, -0.25) is 5.32 Å². The standard InChI is InChI=1S/C15H26Cl2IN3O3S/c1-2-25(22,23)20-7-6-19-14-4-3-5-15(21-14)24-13-9-11(17)10(16)8-12(13)18/h2,10-15,19-21H,1,3-9H2. The maximum Gasteiger partial charge on any atom is 0.233 e. The smallest absolute Gasteiger partial charge is 0.233 e. The predicted octanol–water partition coefficient (Wildman–Crippen LogP) is 2.26. The molecule has 1 saturated heterocycles. The number of halogens is 3. The third-order valence-corrected chi connectivity index (χ3v) is 7.88. The second-order valence-corrected chi connectivity index (χ2v) is 10.8. The first-order chi connectivity index (χ1) is 11.8. The third kappa shape index (κ3) is 7.40. The Morgan fingerprint density at radius 1 is 1.24 bits per heavy atom. The molecule has 0 aromatic carbocycles. The average Bonchev–Trinajstić information content (AvgIpc) is 2.57. The minimum atomic E-state index is -3.36. The molecule has 1 aliphatic heterocycles. The van der Waals surface area contributed by atoms with E-state index in [0.717, 1.165) is 37.5 Å². The van der Waals surface area contributed by atoms with Gasteiger partial charge in [0.1, 0.15) is 6.23 Å². The van der Waals surface area contributed by atoms with E-state index in [1.165, 1.54) is 0 Å². The highest BCUT2D eigenvalue weighted by Crippen LogP contribution is 2.34. The van der Waals surface area contributed by atoms with Crippen molar-refractivity contribution in [3.8, 4) is 0 Å². The third-order valence-electron chi connectivity index (χ3n) is 4.43. The van der Waals surface area contributed by atoms with Gasteiger partial charge in [-0.15, -0.1) is 23.2 Å². The van der Waals surface area contributed by atoms with Crippen LogP contribution < -0.4 is 15.4 Å². The van der Waals surface area contributed by atoms with Crippen molar-refractivity contribution in [2.45, 2.75) is 65.3 Å². The Labute approximate surface area is 174 Å². The lowest BCUT2D eigenvalue weighted by Gasteiger charge is -2.39. The molecule has 1 aliphatic carbocycles. The Morgan fingerprint density at radius 2 is 1.96 bits per heavy atom. The Bertz CT molecular complexity index is 540. The zero-order valence-corrected chi connectivity index (χ0v) is 18.5. The number of alkyl halides is 3. The summed E-state index contributed by atoms with van der Waals surface area (Å²) in [5.41, 5.74) is 0. The van der Waals surface area contributed by atoms with Gasteiger partial charge >= 0.3 is 0 Å². The van der Waals surface area contributed by atoms with E-state index in [0.29, 0.717) is 17.0 Å². The van der Waals surface area contributed by atoms with E-state index in [9.17, 15) is 8.42 Å². The van der Waals surface area contributed by atoms with Gasteiger partial charge in [0.05, 0.1) is 23.0 Å². The molecule has 0 radical (unpaired) electrons. The van der Waals surface area contributed by atoms with Gasteiger partial charge in [-0.1, -0.05) is 29.2 Å². The van der Waals surface area contributed by atoms with E-state index < -0.39 is 10.0 Å². The van der Waals surface area contributed by atoms with Crippen LogP contribution in [-0.2, 0) is 14.8 Å². The zero-order valence-electron chi connectivity index (χ0n) is 14.0. The topological polar surface area (TPSA) is 79.5 Å². The van der Waals surface area contributed by atoms with Crippen LogP contribution in [0.5, 0.6) is 0 Å². The molecule has 6 unspecified atom stereocenters. The quantitative estimate of drug-likeness (QED) is 0.257. The SMILES string of the molecule is C=CS(=O)(=O)NCCNC1CCCC(OC2CC(Cl)C(Cl)CC2I)N1. The highest BCUT2D eigenvalue weighted by atomic mass is 127. The molecule has 0 aromatic heterocycles. The molecule has 0 bridgehead atoms. The zero-order chi connectivity index (χ0) is 18.4. The van der Waals surface area contributed by atoms with Gasteiger partial charge in [-0.25, -0.2) is 13.1 Å². The molecule has 146 valence electrons. The minimum Gasteiger partial charge on any atom is -0.359 e. The fraction of sp³-hybridized carbons (Fsp3) is 0.867. The number of hydrogen-bond acceptors (Lipinski definition) is 5. The second-order valence-electron chi connectivity index (χ2n) is 6.39. The lowest BCUT2D eigenvalue weighted by atomic mass is 9.96. The van der Waals surface area contributed by atoms with Crippen molar-refractivity contribution < 1.29 is 13.2 Å². The van der Waals surface area contributed by atoms with Crippen molar-refractivity contribution in [3.05, 3.63) is 12.0 Å². The van der Waals surface area contributed by atoms with Crippen LogP contribution in [0.25, 0.3) is 0 Å². The molecule has 1 heterocycles. The van der Waals surface area contributed by atoms with Gasteiger partial charge in [0.25, 0.3) is 0 Å². The monoisotopic (exact) mass is 525 g/mol. The average molecular weight is 526 g/mol. The molecule has 3 N–H and O–H groups in total. The van der Waals surface area contributed by atoms with E-state index in [-0.39, 0.29) is 29.3 Å². The van der Waals surface area contributed by atoms with Crippen molar-refractivity contribution in [2.24, 2.45) is 0 Å². The Hall–Kier alpha value is 0.840. The fourth-order valence-corrected chi connectivity index (χ4v) is 5.44. The first-order valence-electron chi connectivity index (χ1n) is 8.50. The summed E-state index contributed by atoms with van der Waals surface area (Å²) in [7, 11) is -3.36. The van der Waals surface area contributed by atoms with E-state index in [1.807, 2.05) is 0 Å². The van der Waals surface area contributed by atoms with Crippen LogP contribution in [0.15, 0.2) is 12.0 Å². The van der Waals surface area contributed by atoms with Crippen LogP contribution >= 0.6 is 45.8 Å². The molecule has 10 heteroatoms. The summed E-state index contributed by atoms with van der Waals surface area (Å²) in [5.74, 6) is 0. The van der Waals surface area contributed by atoms with Crippen molar-refractivity contribution >= 4 is 55.8 Å². The molecule has 0 amide bonds. The molecule has 2 fully saturated rings. The highest BCUT2D eigenvalue weighted by molar-refractivity contribution is 14.1. The van der Waals surface area contributed by atoms with Crippen LogP contribution in [0.1, 0.15) is 32.1 Å². The van der Waals surface area contributed by atoms with E-state index in [2.05, 4.69) is 44.5 Å². The van der Waals surface area contributed by atoms with Gasteiger partial charge in [-0.05, 0) is 32.1 Å². The Kier molecular flexibility index (Phi) is 9.21. The van der Waals surface area contributed by atoms with Crippen molar-refractivity contribution in [3.63, 3.8) is 0 Å². The first-order valence-corrected chi connectivity index (χ1v) is 12.2. The first kappa shape index (κ1) is 22.1. The normalized spacial score (nSPS) is 36.9. The summed E-state index contributed by atoms with van der Waals surface area (Å²) in [5, 5.41) is 7.64. The van der Waals surface area contributed by atoms with Crippen LogP contribution in [0.3, 0.4) is 0 Å². The van der Waals surface area contributed by atoms with Crippen molar-refractivity contribution in [1.82, 2.24) is 15.4 Å². The lowest BCUT2D eigenvalue weighted by Crippen LogP contribution is -2.54. The summed E-state index contributed by atoms with van der Waals surface area (Å²) in [6.07, 6.45) is 4.81. The van der Waals surface area contributed by atoms with Crippen molar-refractivity contribution in [1.29, 1.82) is 0 Å². The summed E-state index contributed by atoms with van der Waals surface area (Å²) in [6, 6.07) is 0. The largest absolute Gasteiger partial charge is 0.359 e. The second kappa shape index (κ2) is 10.4. The van der Waals surface area contributed by atoms with E-state index in [4.69, 9.17) is 27.9 Å². The van der Waals surface area contributed by atoms with Crippen LogP contribution in [-0.4, -0.2) is 54.7 Å².